The number of hydrogen-bond acceptors (Lipinski definition) is 4. The number of aliphatic hydroxyl groups excluding tert-OH is 1. The van der Waals surface area contributed by atoms with Crippen molar-refractivity contribution in [1.82, 2.24) is 9.80 Å². The van der Waals surface area contributed by atoms with E-state index in [1.54, 1.807) is 18.2 Å². The molecule has 1 amide bonds. The maximum Gasteiger partial charge on any atom is 0.227 e. The molecule has 0 aromatic heterocycles. The highest BCUT2D eigenvalue weighted by molar-refractivity contribution is 5.79. The normalized spacial score (nSPS) is 21.7. The molecule has 0 radical (unpaired) electrons. The van der Waals surface area contributed by atoms with Gasteiger partial charge in [0.25, 0.3) is 0 Å². The Morgan fingerprint density at radius 1 is 1.39 bits per heavy atom. The first kappa shape index (κ1) is 17.8. The second kappa shape index (κ2) is 8.31. The Morgan fingerprint density at radius 3 is 2.83 bits per heavy atom. The number of phenols is 1. The first-order valence-corrected chi connectivity index (χ1v) is 8.34. The summed E-state index contributed by atoms with van der Waals surface area (Å²) >= 11 is 0. The highest BCUT2D eigenvalue weighted by atomic mass is 16.3. The lowest BCUT2D eigenvalue weighted by Crippen LogP contribution is -2.51. The van der Waals surface area contributed by atoms with Crippen LogP contribution in [0.15, 0.2) is 24.3 Å². The summed E-state index contributed by atoms with van der Waals surface area (Å²) in [5, 5.41) is 18.6. The second-order valence-electron chi connectivity index (χ2n) is 6.63. The van der Waals surface area contributed by atoms with Crippen LogP contribution in [-0.2, 0) is 11.2 Å². The summed E-state index contributed by atoms with van der Waals surface area (Å²) in [4.78, 5) is 16.7. The fourth-order valence-corrected chi connectivity index (χ4v) is 3.52. The third-order valence-electron chi connectivity index (χ3n) is 4.71. The number of phenolic OH excluding ortho intramolecular Hbond substituents is 1. The maximum atomic E-state index is 12.6. The molecule has 23 heavy (non-hydrogen) atoms. The van der Waals surface area contributed by atoms with E-state index in [-0.39, 0.29) is 18.3 Å². The van der Waals surface area contributed by atoms with E-state index >= 15 is 0 Å². The third-order valence-corrected chi connectivity index (χ3v) is 4.71. The zero-order valence-corrected chi connectivity index (χ0v) is 14.1. The Kier molecular flexibility index (Phi) is 6.42. The predicted molar refractivity (Wildman–Crippen MR) is 90.3 cm³/mol. The molecular weight excluding hydrogens is 292 g/mol. The Balaban J connectivity index is 1.98. The van der Waals surface area contributed by atoms with Crippen molar-refractivity contribution in [2.24, 2.45) is 5.92 Å². The van der Waals surface area contributed by atoms with E-state index in [2.05, 4.69) is 19.0 Å². The van der Waals surface area contributed by atoms with Crippen LogP contribution in [0, 0.1) is 5.92 Å². The third kappa shape index (κ3) is 4.94. The number of aliphatic hydroxyl groups is 1. The smallest absolute Gasteiger partial charge is 0.227 e. The molecule has 128 valence electrons. The molecule has 0 unspecified atom stereocenters. The van der Waals surface area contributed by atoms with Crippen molar-refractivity contribution in [3.05, 3.63) is 29.8 Å². The van der Waals surface area contributed by atoms with Crippen LogP contribution in [0.5, 0.6) is 5.75 Å². The summed E-state index contributed by atoms with van der Waals surface area (Å²) in [5.74, 6) is 0.711. The van der Waals surface area contributed by atoms with Crippen LogP contribution in [0.2, 0.25) is 0 Å². The van der Waals surface area contributed by atoms with E-state index in [1.165, 1.54) is 0 Å². The van der Waals surface area contributed by atoms with E-state index in [9.17, 15) is 9.90 Å². The molecule has 0 spiro atoms. The number of benzene rings is 1. The van der Waals surface area contributed by atoms with E-state index in [0.29, 0.717) is 18.4 Å². The molecule has 0 saturated carbocycles. The van der Waals surface area contributed by atoms with Crippen molar-refractivity contribution in [2.45, 2.75) is 31.7 Å². The van der Waals surface area contributed by atoms with Gasteiger partial charge in [-0.3, -0.25) is 4.79 Å². The van der Waals surface area contributed by atoms with E-state index in [1.807, 2.05) is 11.0 Å². The van der Waals surface area contributed by atoms with Gasteiger partial charge in [0.05, 0.1) is 6.42 Å². The number of aromatic hydroxyl groups is 1. The van der Waals surface area contributed by atoms with E-state index < -0.39 is 0 Å². The monoisotopic (exact) mass is 320 g/mol. The summed E-state index contributed by atoms with van der Waals surface area (Å²) in [6.45, 7) is 1.73. The van der Waals surface area contributed by atoms with Gasteiger partial charge in [0, 0.05) is 25.7 Å². The SMILES string of the molecule is CN(C)[C@H]1CCN(C(=O)Cc2cccc(O)c2)C[C@H]1CCCO. The van der Waals surface area contributed by atoms with Gasteiger partial charge in [0.1, 0.15) is 5.75 Å². The van der Waals surface area contributed by atoms with Gasteiger partial charge in [-0.2, -0.15) is 0 Å². The molecule has 1 heterocycles. The van der Waals surface area contributed by atoms with E-state index in [0.717, 1.165) is 37.9 Å². The Morgan fingerprint density at radius 2 is 2.17 bits per heavy atom. The molecule has 2 N–H and O–H groups in total. The van der Waals surface area contributed by atoms with Crippen LogP contribution < -0.4 is 0 Å². The quantitative estimate of drug-likeness (QED) is 0.833. The fourth-order valence-electron chi connectivity index (χ4n) is 3.52. The predicted octanol–water partition coefficient (Wildman–Crippen LogP) is 1.49. The number of carbonyl (C=O) groups excluding carboxylic acids is 1. The Hall–Kier alpha value is -1.59. The van der Waals surface area contributed by atoms with Crippen LogP contribution in [0.4, 0.5) is 0 Å². The summed E-state index contributed by atoms with van der Waals surface area (Å²) in [7, 11) is 4.17. The molecule has 5 heteroatoms. The molecule has 1 fully saturated rings. The highest BCUT2D eigenvalue weighted by Gasteiger charge is 2.32. The van der Waals surface area contributed by atoms with Crippen molar-refractivity contribution < 1.29 is 15.0 Å². The average molecular weight is 320 g/mol. The van der Waals surface area contributed by atoms with Crippen molar-refractivity contribution in [1.29, 1.82) is 0 Å². The fraction of sp³-hybridized carbons (Fsp3) is 0.611. The minimum atomic E-state index is 0.113. The van der Waals surface area contributed by atoms with Crippen LogP contribution >= 0.6 is 0 Å². The van der Waals surface area contributed by atoms with Crippen LogP contribution in [0.25, 0.3) is 0 Å². The zero-order chi connectivity index (χ0) is 16.8. The largest absolute Gasteiger partial charge is 0.508 e. The lowest BCUT2D eigenvalue weighted by atomic mass is 9.87. The number of hydrogen-bond donors (Lipinski definition) is 2. The summed E-state index contributed by atoms with van der Waals surface area (Å²) in [6, 6.07) is 7.36. The summed E-state index contributed by atoms with van der Waals surface area (Å²) in [5.41, 5.74) is 0.844. The van der Waals surface area contributed by atoms with Gasteiger partial charge in [0.15, 0.2) is 0 Å². The van der Waals surface area contributed by atoms with Crippen LogP contribution in [0.1, 0.15) is 24.8 Å². The summed E-state index contributed by atoms with van der Waals surface area (Å²) in [6.07, 6.45) is 3.02. The lowest BCUT2D eigenvalue weighted by Gasteiger charge is -2.41. The molecule has 1 aliphatic heterocycles. The number of piperidine rings is 1. The number of nitrogens with zero attached hydrogens (tertiary/aromatic N) is 2. The van der Waals surface area contributed by atoms with Gasteiger partial charge in [-0.15, -0.1) is 0 Å². The lowest BCUT2D eigenvalue weighted by molar-refractivity contribution is -0.133. The number of carbonyl (C=O) groups is 1. The van der Waals surface area contributed by atoms with Gasteiger partial charge in [0.2, 0.25) is 5.91 Å². The molecule has 1 aliphatic rings. The van der Waals surface area contributed by atoms with E-state index in [4.69, 9.17) is 5.11 Å². The molecule has 5 nitrogen and oxygen atoms in total. The van der Waals surface area contributed by atoms with Gasteiger partial charge in [-0.1, -0.05) is 12.1 Å². The number of likely N-dealkylation sites (tertiary alicyclic amines) is 1. The van der Waals surface area contributed by atoms with Crippen molar-refractivity contribution in [2.75, 3.05) is 33.8 Å². The second-order valence-corrected chi connectivity index (χ2v) is 6.63. The number of amides is 1. The van der Waals surface area contributed by atoms with Gasteiger partial charge < -0.3 is 20.0 Å². The molecule has 2 rings (SSSR count). The first-order chi connectivity index (χ1) is 11.0. The van der Waals surface area contributed by atoms with Gasteiger partial charge in [-0.05, 0) is 57.0 Å². The molecule has 1 aromatic carbocycles. The Bertz CT molecular complexity index is 519. The zero-order valence-electron chi connectivity index (χ0n) is 14.1. The topological polar surface area (TPSA) is 64.0 Å². The van der Waals surface area contributed by atoms with Crippen molar-refractivity contribution in [3.8, 4) is 5.75 Å². The van der Waals surface area contributed by atoms with Crippen LogP contribution in [-0.4, -0.2) is 65.8 Å². The number of rotatable bonds is 6. The van der Waals surface area contributed by atoms with Crippen molar-refractivity contribution in [3.63, 3.8) is 0 Å². The molecule has 0 bridgehead atoms. The maximum absolute atomic E-state index is 12.6. The first-order valence-electron chi connectivity index (χ1n) is 8.34. The standard InChI is InChI=1S/C18H28N2O3/c1-19(2)17-8-9-20(13-15(17)6-4-10-21)18(23)12-14-5-3-7-16(22)11-14/h3,5,7,11,15,17,21-22H,4,6,8-10,12-13H2,1-2H3/t15-,17+/m1/s1. The average Bonchev–Trinajstić information content (AvgIpc) is 2.52. The van der Waals surface area contributed by atoms with Crippen LogP contribution in [0.3, 0.4) is 0 Å². The molecule has 1 aromatic rings. The molecule has 0 aliphatic carbocycles. The summed E-state index contributed by atoms with van der Waals surface area (Å²) < 4.78 is 0. The highest BCUT2D eigenvalue weighted by Crippen LogP contribution is 2.25. The molecule has 1 saturated heterocycles. The minimum absolute atomic E-state index is 0.113. The Labute approximate surface area is 138 Å². The van der Waals surface area contributed by atoms with Crippen molar-refractivity contribution >= 4 is 5.91 Å². The van der Waals surface area contributed by atoms with Gasteiger partial charge >= 0.3 is 0 Å². The molecular formula is C18H28N2O3. The molecule has 2 atom stereocenters. The van der Waals surface area contributed by atoms with Gasteiger partial charge in [-0.25, -0.2) is 0 Å². The minimum Gasteiger partial charge on any atom is -0.508 e.